The van der Waals surface area contributed by atoms with Crippen LogP contribution in [-0.4, -0.2) is 34.8 Å². The van der Waals surface area contributed by atoms with E-state index in [0.29, 0.717) is 33.8 Å². The van der Waals surface area contributed by atoms with Gasteiger partial charge in [0.2, 0.25) is 6.10 Å². The molecule has 1 saturated heterocycles. The predicted octanol–water partition coefficient (Wildman–Crippen LogP) is 4.95. The van der Waals surface area contributed by atoms with Crippen molar-refractivity contribution in [2.24, 2.45) is 0 Å². The number of carbonyl (C=O) groups excluding carboxylic acids is 2. The Bertz CT molecular complexity index is 1400. The highest BCUT2D eigenvalue weighted by molar-refractivity contribution is 5.97. The molecule has 1 atom stereocenters. The van der Waals surface area contributed by atoms with Crippen molar-refractivity contribution in [3.63, 3.8) is 0 Å². The maximum Gasteiger partial charge on any atom is 0.270 e. The number of likely N-dealkylation sites (tertiary alicyclic amines) is 1. The van der Waals surface area contributed by atoms with Crippen LogP contribution in [0.25, 0.3) is 10.8 Å². The average Bonchev–Trinajstić information content (AvgIpc) is 3.43. The van der Waals surface area contributed by atoms with Crippen LogP contribution in [0.15, 0.2) is 79.0 Å². The van der Waals surface area contributed by atoms with Crippen molar-refractivity contribution >= 4 is 34.1 Å². The summed E-state index contributed by atoms with van der Waals surface area (Å²) in [6.07, 6.45) is 2.60. The summed E-state index contributed by atoms with van der Waals surface area (Å²) in [5.74, 6) is -0.106. The minimum absolute atomic E-state index is 0.0111. The molecular weight excluding hydrogens is 459 g/mol. The van der Waals surface area contributed by atoms with Gasteiger partial charge in [-0.05, 0) is 72.8 Å². The summed E-state index contributed by atoms with van der Waals surface area (Å²) in [6.45, 7) is 1.54. The molecule has 0 spiro atoms. The van der Waals surface area contributed by atoms with Gasteiger partial charge in [0.1, 0.15) is 17.4 Å². The SMILES string of the molecule is Nc1nccc2ccc(OC(C(=O)Nc3ccc(C(=O)N4CCCC4)cc3)c3ccc(F)cc3)cc12. The minimum atomic E-state index is -1.06. The molecule has 1 aliphatic rings. The van der Waals surface area contributed by atoms with Crippen molar-refractivity contribution in [2.75, 3.05) is 24.1 Å². The Balaban J connectivity index is 1.38. The number of amides is 2. The number of hydrogen-bond acceptors (Lipinski definition) is 5. The van der Waals surface area contributed by atoms with Crippen molar-refractivity contribution < 1.29 is 18.7 Å². The molecule has 3 aromatic carbocycles. The summed E-state index contributed by atoms with van der Waals surface area (Å²) in [6, 6.07) is 19.5. The summed E-state index contributed by atoms with van der Waals surface area (Å²) in [7, 11) is 0. The van der Waals surface area contributed by atoms with Crippen LogP contribution >= 0.6 is 0 Å². The van der Waals surface area contributed by atoms with Gasteiger partial charge >= 0.3 is 0 Å². The van der Waals surface area contributed by atoms with E-state index in [-0.39, 0.29) is 5.91 Å². The topological polar surface area (TPSA) is 97.5 Å². The number of fused-ring (bicyclic) bond motifs is 1. The monoisotopic (exact) mass is 484 g/mol. The lowest BCUT2D eigenvalue weighted by Gasteiger charge is -2.20. The molecule has 0 radical (unpaired) electrons. The highest BCUT2D eigenvalue weighted by Gasteiger charge is 2.24. The van der Waals surface area contributed by atoms with Gasteiger partial charge in [-0.25, -0.2) is 9.37 Å². The number of nitrogens with zero attached hydrogens (tertiary/aromatic N) is 2. The van der Waals surface area contributed by atoms with Crippen LogP contribution in [0.1, 0.15) is 34.9 Å². The lowest BCUT2D eigenvalue weighted by Crippen LogP contribution is -2.27. The van der Waals surface area contributed by atoms with Gasteiger partial charge in [0.15, 0.2) is 0 Å². The zero-order valence-electron chi connectivity index (χ0n) is 19.5. The second kappa shape index (κ2) is 10.0. The van der Waals surface area contributed by atoms with Crippen molar-refractivity contribution in [3.8, 4) is 5.75 Å². The van der Waals surface area contributed by atoms with Gasteiger partial charge in [-0.1, -0.05) is 18.2 Å². The molecule has 182 valence electrons. The van der Waals surface area contributed by atoms with Crippen molar-refractivity contribution in [1.29, 1.82) is 0 Å². The normalized spacial score (nSPS) is 14.0. The molecule has 0 aliphatic carbocycles. The maximum atomic E-state index is 13.6. The largest absolute Gasteiger partial charge is 0.476 e. The summed E-state index contributed by atoms with van der Waals surface area (Å²) in [5.41, 5.74) is 7.57. The number of anilines is 2. The van der Waals surface area contributed by atoms with E-state index in [1.54, 1.807) is 42.6 Å². The van der Waals surface area contributed by atoms with Gasteiger partial charge in [0.05, 0.1) is 0 Å². The number of pyridine rings is 1. The molecule has 2 amide bonds. The predicted molar refractivity (Wildman–Crippen MR) is 136 cm³/mol. The lowest BCUT2D eigenvalue weighted by molar-refractivity contribution is -0.123. The van der Waals surface area contributed by atoms with Crippen molar-refractivity contribution in [3.05, 3.63) is 95.9 Å². The Labute approximate surface area is 207 Å². The molecular formula is C28H25FN4O3. The molecule has 7 nitrogen and oxygen atoms in total. The highest BCUT2D eigenvalue weighted by atomic mass is 19.1. The molecule has 3 N–H and O–H groups in total. The highest BCUT2D eigenvalue weighted by Crippen LogP contribution is 2.29. The fourth-order valence-corrected chi connectivity index (χ4v) is 4.30. The van der Waals surface area contributed by atoms with E-state index in [9.17, 15) is 14.0 Å². The van der Waals surface area contributed by atoms with Gasteiger partial charge in [0.25, 0.3) is 11.8 Å². The molecule has 1 aromatic heterocycles. The average molecular weight is 485 g/mol. The van der Waals surface area contributed by atoms with E-state index in [2.05, 4.69) is 10.3 Å². The fourth-order valence-electron chi connectivity index (χ4n) is 4.30. The Morgan fingerprint density at radius 1 is 0.972 bits per heavy atom. The first-order valence-corrected chi connectivity index (χ1v) is 11.7. The third-order valence-corrected chi connectivity index (χ3v) is 6.23. The standard InChI is InChI=1S/C28H25FN4O3/c29-21-8-3-19(4-9-21)25(36-23-12-7-18-13-14-31-26(30)24(18)17-23)27(34)32-22-10-5-20(6-11-22)28(35)33-15-1-2-16-33/h3-14,17,25H,1-2,15-16H2,(H2,30,31)(H,32,34). The first-order valence-electron chi connectivity index (χ1n) is 11.7. The van der Waals surface area contributed by atoms with E-state index < -0.39 is 17.8 Å². The molecule has 0 saturated carbocycles. The first-order chi connectivity index (χ1) is 17.5. The second-order valence-electron chi connectivity index (χ2n) is 8.69. The van der Waals surface area contributed by atoms with Crippen LogP contribution in [0.5, 0.6) is 5.75 Å². The molecule has 0 bridgehead atoms. The number of benzene rings is 3. The van der Waals surface area contributed by atoms with Gasteiger partial charge in [-0.15, -0.1) is 0 Å². The quantitative estimate of drug-likeness (QED) is 0.404. The number of hydrogen-bond donors (Lipinski definition) is 2. The second-order valence-corrected chi connectivity index (χ2v) is 8.69. The summed E-state index contributed by atoms with van der Waals surface area (Å²) in [5, 5.41) is 4.43. The third kappa shape index (κ3) is 4.98. The zero-order valence-corrected chi connectivity index (χ0v) is 19.5. The fraction of sp³-hybridized carbons (Fsp3) is 0.179. The number of nitrogen functional groups attached to an aromatic ring is 1. The number of nitrogens with one attached hydrogen (secondary N) is 1. The van der Waals surface area contributed by atoms with E-state index in [1.807, 2.05) is 17.0 Å². The molecule has 1 fully saturated rings. The third-order valence-electron chi connectivity index (χ3n) is 6.23. The van der Waals surface area contributed by atoms with Crippen LogP contribution < -0.4 is 15.8 Å². The first kappa shape index (κ1) is 23.3. The molecule has 36 heavy (non-hydrogen) atoms. The molecule has 8 heteroatoms. The molecule has 1 unspecified atom stereocenters. The van der Waals surface area contributed by atoms with E-state index in [0.717, 1.165) is 31.3 Å². The molecule has 5 rings (SSSR count). The summed E-state index contributed by atoms with van der Waals surface area (Å²) in [4.78, 5) is 31.9. The van der Waals surface area contributed by atoms with Gasteiger partial charge in [-0.3, -0.25) is 9.59 Å². The Morgan fingerprint density at radius 3 is 2.42 bits per heavy atom. The molecule has 2 heterocycles. The van der Waals surface area contributed by atoms with Crippen LogP contribution in [0, 0.1) is 5.82 Å². The van der Waals surface area contributed by atoms with Gasteiger partial charge in [0, 0.05) is 41.5 Å². The smallest absolute Gasteiger partial charge is 0.270 e. The molecule has 1 aliphatic heterocycles. The van der Waals surface area contributed by atoms with E-state index in [1.165, 1.54) is 24.3 Å². The Hall–Kier alpha value is -4.46. The van der Waals surface area contributed by atoms with Crippen LogP contribution in [-0.2, 0) is 4.79 Å². The Kier molecular flexibility index (Phi) is 6.49. The number of carbonyl (C=O) groups is 2. The summed E-state index contributed by atoms with van der Waals surface area (Å²) < 4.78 is 19.7. The van der Waals surface area contributed by atoms with Crippen LogP contribution in [0.3, 0.4) is 0 Å². The van der Waals surface area contributed by atoms with E-state index >= 15 is 0 Å². The van der Waals surface area contributed by atoms with Gasteiger partial charge < -0.3 is 20.7 Å². The van der Waals surface area contributed by atoms with Crippen LogP contribution in [0.4, 0.5) is 15.9 Å². The maximum absolute atomic E-state index is 13.6. The molecule has 4 aromatic rings. The summed E-state index contributed by atoms with van der Waals surface area (Å²) >= 11 is 0. The minimum Gasteiger partial charge on any atom is -0.476 e. The number of ether oxygens (including phenoxy) is 1. The zero-order chi connectivity index (χ0) is 25.1. The Morgan fingerprint density at radius 2 is 1.69 bits per heavy atom. The lowest BCUT2D eigenvalue weighted by atomic mass is 10.1. The number of halogens is 1. The van der Waals surface area contributed by atoms with Gasteiger partial charge in [-0.2, -0.15) is 0 Å². The number of rotatable bonds is 6. The van der Waals surface area contributed by atoms with Crippen molar-refractivity contribution in [2.45, 2.75) is 18.9 Å². The van der Waals surface area contributed by atoms with E-state index in [4.69, 9.17) is 10.5 Å². The number of nitrogens with two attached hydrogens (primary N) is 1. The van der Waals surface area contributed by atoms with Crippen molar-refractivity contribution in [1.82, 2.24) is 9.88 Å². The number of aromatic nitrogens is 1. The van der Waals surface area contributed by atoms with Crippen LogP contribution in [0.2, 0.25) is 0 Å².